The van der Waals surface area contributed by atoms with Gasteiger partial charge < -0.3 is 15.2 Å². The van der Waals surface area contributed by atoms with E-state index in [0.29, 0.717) is 18.5 Å². The minimum Gasteiger partial charge on any atom is -0.341 e. The molecule has 1 atom stereocenters. The Morgan fingerprint density at radius 1 is 1.33 bits per heavy atom. The third-order valence-corrected chi connectivity index (χ3v) is 5.14. The Labute approximate surface area is 145 Å². The molecule has 1 unspecified atom stereocenters. The number of hydrogen-bond donors (Lipinski definition) is 2. The van der Waals surface area contributed by atoms with E-state index in [0.717, 1.165) is 35.3 Å². The van der Waals surface area contributed by atoms with E-state index in [1.807, 2.05) is 29.4 Å². The lowest BCUT2D eigenvalue weighted by Gasteiger charge is -2.16. The van der Waals surface area contributed by atoms with Gasteiger partial charge >= 0.3 is 0 Å². The molecule has 1 aromatic heterocycles. The zero-order valence-corrected chi connectivity index (χ0v) is 14.9. The summed E-state index contributed by atoms with van der Waals surface area (Å²) in [6, 6.07) is 8.14. The van der Waals surface area contributed by atoms with Crippen molar-refractivity contribution < 1.29 is 4.79 Å². The van der Waals surface area contributed by atoms with Crippen molar-refractivity contribution in [3.05, 3.63) is 40.2 Å². The maximum Gasteiger partial charge on any atom is 0.252 e. The Morgan fingerprint density at radius 2 is 2.17 bits per heavy atom. The molecule has 24 heavy (non-hydrogen) atoms. The van der Waals surface area contributed by atoms with Gasteiger partial charge in [-0.2, -0.15) is 0 Å². The van der Waals surface area contributed by atoms with Crippen molar-refractivity contribution in [2.75, 3.05) is 19.3 Å². The fourth-order valence-electron chi connectivity index (χ4n) is 3.13. The Kier molecular flexibility index (Phi) is 5.26. The third-order valence-electron chi connectivity index (χ3n) is 4.42. The van der Waals surface area contributed by atoms with Crippen molar-refractivity contribution in [1.82, 2.24) is 15.2 Å². The van der Waals surface area contributed by atoms with Gasteiger partial charge in [-0.25, -0.2) is 0 Å². The van der Waals surface area contributed by atoms with Crippen molar-refractivity contribution in [2.45, 2.75) is 37.2 Å². The topological polar surface area (TPSA) is 65.2 Å². The smallest absolute Gasteiger partial charge is 0.252 e. The highest BCUT2D eigenvalue weighted by molar-refractivity contribution is 7.98. The number of nitrogens with zero attached hydrogens (tertiary/aromatic N) is 1. The van der Waals surface area contributed by atoms with E-state index in [2.05, 4.69) is 23.3 Å². The maximum atomic E-state index is 12.3. The summed E-state index contributed by atoms with van der Waals surface area (Å²) in [7, 11) is 0. The number of nitrogens with one attached hydrogen (secondary N) is 2. The lowest BCUT2D eigenvalue weighted by atomic mass is 10.1. The molecular formula is C18H23N3O2S. The average Bonchev–Trinajstić information content (AvgIpc) is 2.92. The predicted octanol–water partition coefficient (Wildman–Crippen LogP) is 2.35. The third kappa shape index (κ3) is 3.65. The summed E-state index contributed by atoms with van der Waals surface area (Å²) in [5.74, 6) is 0.200. The lowest BCUT2D eigenvalue weighted by molar-refractivity contribution is -0.127. The van der Waals surface area contributed by atoms with Gasteiger partial charge in [-0.15, -0.1) is 11.8 Å². The number of hydrogen-bond acceptors (Lipinski definition) is 4. The molecule has 5 nitrogen and oxygen atoms in total. The van der Waals surface area contributed by atoms with Crippen molar-refractivity contribution in [3.8, 4) is 0 Å². The molecule has 0 radical (unpaired) electrons. The molecule has 128 valence electrons. The molecule has 1 amide bonds. The van der Waals surface area contributed by atoms with Gasteiger partial charge in [0.25, 0.3) is 5.56 Å². The van der Waals surface area contributed by atoms with Crippen LogP contribution < -0.4 is 10.9 Å². The van der Waals surface area contributed by atoms with Gasteiger partial charge in [0, 0.05) is 48.1 Å². The van der Waals surface area contributed by atoms with Crippen molar-refractivity contribution >= 4 is 28.6 Å². The van der Waals surface area contributed by atoms with Crippen LogP contribution in [0.1, 0.15) is 25.3 Å². The Hall–Kier alpha value is -1.79. The number of amides is 1. The molecule has 0 saturated carbocycles. The monoisotopic (exact) mass is 345 g/mol. The molecule has 6 heteroatoms. The van der Waals surface area contributed by atoms with Crippen LogP contribution in [0, 0.1) is 0 Å². The van der Waals surface area contributed by atoms with Gasteiger partial charge in [0.2, 0.25) is 5.91 Å². The Balaban J connectivity index is 1.70. The number of carbonyl (C=O) groups is 1. The first kappa shape index (κ1) is 17.0. The Morgan fingerprint density at radius 3 is 2.92 bits per heavy atom. The first-order chi connectivity index (χ1) is 11.6. The van der Waals surface area contributed by atoms with Gasteiger partial charge in [-0.1, -0.05) is 13.0 Å². The molecule has 2 N–H and O–H groups in total. The molecule has 2 aromatic rings. The largest absolute Gasteiger partial charge is 0.341 e. The number of carbonyl (C=O) groups excluding carboxylic acids is 1. The number of rotatable bonds is 6. The van der Waals surface area contributed by atoms with Crippen LogP contribution in [0.4, 0.5) is 0 Å². The van der Waals surface area contributed by atoms with Gasteiger partial charge in [-0.05, 0) is 36.3 Å². The van der Waals surface area contributed by atoms with Crippen molar-refractivity contribution in [1.29, 1.82) is 0 Å². The highest BCUT2D eigenvalue weighted by Crippen LogP contribution is 2.20. The molecule has 2 heterocycles. The van der Waals surface area contributed by atoms with E-state index in [4.69, 9.17) is 0 Å². The number of aromatic amines is 1. The van der Waals surface area contributed by atoms with Crippen LogP contribution in [0.15, 0.2) is 34.0 Å². The minimum atomic E-state index is -0.0667. The predicted molar refractivity (Wildman–Crippen MR) is 98.5 cm³/mol. The number of fused-ring (bicyclic) bond motifs is 1. The number of likely N-dealkylation sites (tertiary alicyclic amines) is 1. The molecular weight excluding hydrogens is 322 g/mol. The van der Waals surface area contributed by atoms with Crippen LogP contribution in [0.5, 0.6) is 0 Å². The minimum absolute atomic E-state index is 0.0667. The van der Waals surface area contributed by atoms with Crippen LogP contribution >= 0.6 is 11.8 Å². The summed E-state index contributed by atoms with van der Waals surface area (Å²) in [6.07, 6.45) is 3.51. The average molecular weight is 345 g/mol. The van der Waals surface area contributed by atoms with Crippen LogP contribution in [0.3, 0.4) is 0 Å². The van der Waals surface area contributed by atoms with Crippen LogP contribution in [0.2, 0.25) is 0 Å². The quantitative estimate of drug-likeness (QED) is 0.789. The second-order valence-corrected chi connectivity index (χ2v) is 7.08. The molecule has 1 aliphatic rings. The van der Waals surface area contributed by atoms with E-state index in [1.165, 1.54) is 0 Å². The summed E-state index contributed by atoms with van der Waals surface area (Å²) >= 11 is 1.65. The van der Waals surface area contributed by atoms with Gasteiger partial charge in [-0.3, -0.25) is 9.59 Å². The summed E-state index contributed by atoms with van der Waals surface area (Å²) < 4.78 is 0. The van der Waals surface area contributed by atoms with Crippen molar-refractivity contribution in [2.24, 2.45) is 0 Å². The zero-order chi connectivity index (χ0) is 17.1. The van der Waals surface area contributed by atoms with E-state index in [-0.39, 0.29) is 17.5 Å². The number of pyridine rings is 1. The fraction of sp³-hybridized carbons (Fsp3) is 0.444. The second-order valence-electron chi connectivity index (χ2n) is 6.20. The van der Waals surface area contributed by atoms with E-state index in [1.54, 1.807) is 11.8 Å². The number of thioether (sulfide) groups is 1. The molecule has 0 bridgehead atoms. The van der Waals surface area contributed by atoms with Gasteiger partial charge in [0.1, 0.15) is 0 Å². The summed E-state index contributed by atoms with van der Waals surface area (Å²) in [5, 5.41) is 4.39. The van der Waals surface area contributed by atoms with Crippen LogP contribution in [0.25, 0.3) is 10.9 Å². The lowest BCUT2D eigenvalue weighted by Crippen LogP contribution is -2.34. The standard InChI is InChI=1S/C18H23N3O2S/c1-3-6-21-11-14(8-17(21)22)19-10-13-7-12-4-5-15(24-2)9-16(12)20-18(13)23/h4-5,7,9,14,19H,3,6,8,10-11H2,1-2H3,(H,20,23). The maximum absolute atomic E-state index is 12.3. The van der Waals surface area contributed by atoms with E-state index < -0.39 is 0 Å². The number of H-pyrrole nitrogens is 1. The summed E-state index contributed by atoms with van der Waals surface area (Å²) in [5.41, 5.74) is 1.50. The molecule has 1 fully saturated rings. The number of benzene rings is 1. The fourth-order valence-corrected chi connectivity index (χ4v) is 3.57. The normalized spacial score (nSPS) is 17.8. The number of aromatic nitrogens is 1. The summed E-state index contributed by atoms with van der Waals surface area (Å²) in [6.45, 7) is 4.10. The zero-order valence-electron chi connectivity index (χ0n) is 14.1. The first-order valence-electron chi connectivity index (χ1n) is 8.32. The highest BCUT2D eigenvalue weighted by Gasteiger charge is 2.28. The SMILES string of the molecule is CCCN1CC(NCc2cc3ccc(SC)cc3[nH]c2=O)CC1=O. The molecule has 1 aliphatic heterocycles. The molecule has 0 spiro atoms. The first-order valence-corrected chi connectivity index (χ1v) is 9.54. The molecule has 1 aromatic carbocycles. The van der Waals surface area contributed by atoms with Crippen molar-refractivity contribution in [3.63, 3.8) is 0 Å². The summed E-state index contributed by atoms with van der Waals surface area (Å²) in [4.78, 5) is 30.2. The van der Waals surface area contributed by atoms with E-state index >= 15 is 0 Å². The second kappa shape index (κ2) is 7.40. The van der Waals surface area contributed by atoms with E-state index in [9.17, 15) is 9.59 Å². The van der Waals surface area contributed by atoms with Gasteiger partial charge in [0.15, 0.2) is 0 Å². The van der Waals surface area contributed by atoms with Crippen LogP contribution in [-0.2, 0) is 11.3 Å². The van der Waals surface area contributed by atoms with Gasteiger partial charge in [0.05, 0.1) is 0 Å². The molecule has 0 aliphatic carbocycles. The molecule has 1 saturated heterocycles. The highest BCUT2D eigenvalue weighted by atomic mass is 32.2. The Bertz CT molecular complexity index is 802. The molecule has 3 rings (SSSR count). The van der Waals surface area contributed by atoms with Crippen LogP contribution in [-0.4, -0.2) is 41.2 Å².